The Morgan fingerprint density at radius 2 is 1.58 bits per heavy atom. The van der Waals surface area contributed by atoms with Crippen LogP contribution in [0.15, 0.2) is 65.8 Å². The second kappa shape index (κ2) is 7.70. The van der Waals surface area contributed by atoms with Crippen molar-refractivity contribution in [3.05, 3.63) is 66.2 Å². The van der Waals surface area contributed by atoms with Crippen LogP contribution < -0.4 is 4.90 Å². The Labute approximate surface area is 154 Å². The van der Waals surface area contributed by atoms with Gasteiger partial charge < -0.3 is 4.90 Å². The standard InChI is InChI=1S/C21H24N4O/c26-21(25-20(11-12-22-25)18-7-3-1-4-8-18)17-23-13-15-24(16-14-23)19-9-5-2-6-10-19/h1-10,12,20H,11,13-17H2/t20-/m1/s1. The van der Waals surface area contributed by atoms with Crippen LogP contribution in [0.5, 0.6) is 0 Å². The number of hydrogen-bond acceptors (Lipinski definition) is 4. The summed E-state index contributed by atoms with van der Waals surface area (Å²) in [6, 6.07) is 20.7. The minimum atomic E-state index is 0.0364. The Kier molecular flexibility index (Phi) is 4.97. The van der Waals surface area contributed by atoms with Gasteiger partial charge >= 0.3 is 0 Å². The minimum Gasteiger partial charge on any atom is -0.369 e. The Morgan fingerprint density at radius 3 is 2.27 bits per heavy atom. The van der Waals surface area contributed by atoms with Crippen molar-refractivity contribution < 1.29 is 4.79 Å². The summed E-state index contributed by atoms with van der Waals surface area (Å²) in [6.45, 7) is 4.12. The monoisotopic (exact) mass is 348 g/mol. The van der Waals surface area contributed by atoms with E-state index in [1.54, 1.807) is 5.01 Å². The summed E-state index contributed by atoms with van der Waals surface area (Å²) in [4.78, 5) is 17.4. The maximum atomic E-state index is 12.8. The van der Waals surface area contributed by atoms with Gasteiger partial charge in [0.1, 0.15) is 0 Å². The van der Waals surface area contributed by atoms with Crippen molar-refractivity contribution in [2.45, 2.75) is 12.5 Å². The average molecular weight is 348 g/mol. The van der Waals surface area contributed by atoms with Crippen molar-refractivity contribution in [3.63, 3.8) is 0 Å². The average Bonchev–Trinajstić information content (AvgIpc) is 3.20. The van der Waals surface area contributed by atoms with Crippen molar-refractivity contribution in [1.82, 2.24) is 9.91 Å². The number of para-hydroxylation sites is 1. The van der Waals surface area contributed by atoms with E-state index < -0.39 is 0 Å². The van der Waals surface area contributed by atoms with E-state index in [1.165, 1.54) is 5.69 Å². The van der Waals surface area contributed by atoms with Crippen molar-refractivity contribution in [3.8, 4) is 0 Å². The topological polar surface area (TPSA) is 39.2 Å². The zero-order valence-corrected chi connectivity index (χ0v) is 14.9. The number of hydrazone groups is 1. The fourth-order valence-corrected chi connectivity index (χ4v) is 3.67. The van der Waals surface area contributed by atoms with Crippen LogP contribution >= 0.6 is 0 Å². The quantitative estimate of drug-likeness (QED) is 0.853. The summed E-state index contributed by atoms with van der Waals surface area (Å²) in [5, 5.41) is 6.01. The Balaban J connectivity index is 1.33. The second-order valence-electron chi connectivity index (χ2n) is 6.80. The molecule has 0 aliphatic carbocycles. The van der Waals surface area contributed by atoms with E-state index in [-0.39, 0.29) is 11.9 Å². The molecule has 0 unspecified atom stereocenters. The molecule has 0 N–H and O–H groups in total. The maximum Gasteiger partial charge on any atom is 0.257 e. The molecule has 2 aliphatic rings. The number of benzene rings is 2. The van der Waals surface area contributed by atoms with Crippen molar-refractivity contribution in [2.75, 3.05) is 37.6 Å². The summed E-state index contributed by atoms with van der Waals surface area (Å²) in [5.41, 5.74) is 2.40. The Bertz CT molecular complexity index is 754. The molecule has 5 nitrogen and oxygen atoms in total. The smallest absolute Gasteiger partial charge is 0.257 e. The van der Waals surface area contributed by atoms with Gasteiger partial charge in [0.05, 0.1) is 12.6 Å². The van der Waals surface area contributed by atoms with Gasteiger partial charge in [0, 0.05) is 44.5 Å². The highest BCUT2D eigenvalue weighted by Gasteiger charge is 2.29. The highest BCUT2D eigenvalue weighted by molar-refractivity contribution is 5.81. The first kappa shape index (κ1) is 16.8. The van der Waals surface area contributed by atoms with Crippen LogP contribution in [0, 0.1) is 0 Å². The predicted octanol–water partition coefficient (Wildman–Crippen LogP) is 2.77. The molecule has 0 spiro atoms. The molecule has 1 fully saturated rings. The van der Waals surface area contributed by atoms with Gasteiger partial charge in [0.25, 0.3) is 5.91 Å². The van der Waals surface area contributed by atoms with Gasteiger partial charge in [0.15, 0.2) is 0 Å². The molecule has 2 aromatic carbocycles. The summed E-state index contributed by atoms with van der Waals surface area (Å²) in [7, 11) is 0. The molecular formula is C21H24N4O. The number of piperazine rings is 1. The van der Waals surface area contributed by atoms with Gasteiger partial charge in [-0.15, -0.1) is 0 Å². The highest BCUT2D eigenvalue weighted by atomic mass is 16.2. The fraction of sp³-hybridized carbons (Fsp3) is 0.333. The molecule has 0 bridgehead atoms. The third-order valence-corrected chi connectivity index (χ3v) is 5.12. The van der Waals surface area contributed by atoms with Crippen LogP contribution in [-0.2, 0) is 4.79 Å². The fourth-order valence-electron chi connectivity index (χ4n) is 3.67. The molecule has 0 saturated carbocycles. The van der Waals surface area contributed by atoms with E-state index in [0.717, 1.165) is 38.2 Å². The van der Waals surface area contributed by atoms with Crippen LogP contribution in [0.1, 0.15) is 18.0 Å². The van der Waals surface area contributed by atoms with Gasteiger partial charge in [-0.05, 0) is 17.7 Å². The lowest BCUT2D eigenvalue weighted by Crippen LogP contribution is -2.49. The lowest BCUT2D eigenvalue weighted by molar-refractivity contribution is -0.134. The predicted molar refractivity (Wildman–Crippen MR) is 104 cm³/mol. The molecule has 26 heavy (non-hydrogen) atoms. The van der Waals surface area contributed by atoms with Gasteiger partial charge in [-0.2, -0.15) is 5.10 Å². The van der Waals surface area contributed by atoms with Gasteiger partial charge in [-0.1, -0.05) is 48.5 Å². The first-order valence-electron chi connectivity index (χ1n) is 9.23. The molecule has 0 radical (unpaired) electrons. The molecule has 2 aromatic rings. The summed E-state index contributed by atoms with van der Waals surface area (Å²) < 4.78 is 0. The lowest BCUT2D eigenvalue weighted by Gasteiger charge is -2.36. The third-order valence-electron chi connectivity index (χ3n) is 5.12. The van der Waals surface area contributed by atoms with E-state index in [4.69, 9.17) is 0 Å². The van der Waals surface area contributed by atoms with Crippen LogP contribution in [0.4, 0.5) is 5.69 Å². The Morgan fingerprint density at radius 1 is 0.923 bits per heavy atom. The largest absolute Gasteiger partial charge is 0.369 e. The molecular weight excluding hydrogens is 324 g/mol. The highest BCUT2D eigenvalue weighted by Crippen LogP contribution is 2.28. The van der Waals surface area contributed by atoms with Crippen molar-refractivity contribution in [1.29, 1.82) is 0 Å². The molecule has 4 rings (SSSR count). The van der Waals surface area contributed by atoms with Gasteiger partial charge in [0.2, 0.25) is 0 Å². The van der Waals surface area contributed by atoms with E-state index >= 15 is 0 Å². The van der Waals surface area contributed by atoms with Crippen molar-refractivity contribution in [2.24, 2.45) is 5.10 Å². The molecule has 2 heterocycles. The molecule has 2 aliphatic heterocycles. The van der Waals surface area contributed by atoms with Crippen molar-refractivity contribution >= 4 is 17.8 Å². The molecule has 5 heteroatoms. The number of hydrogen-bond donors (Lipinski definition) is 0. The first-order chi connectivity index (χ1) is 12.8. The zero-order chi connectivity index (χ0) is 17.8. The van der Waals surface area contributed by atoms with Crippen LogP contribution in [0.2, 0.25) is 0 Å². The van der Waals surface area contributed by atoms with Gasteiger partial charge in [-0.25, -0.2) is 5.01 Å². The molecule has 1 atom stereocenters. The van der Waals surface area contributed by atoms with E-state index in [2.05, 4.69) is 51.3 Å². The number of rotatable bonds is 4. The molecule has 1 saturated heterocycles. The summed E-state index contributed by atoms with van der Waals surface area (Å²) >= 11 is 0. The number of anilines is 1. The van der Waals surface area contributed by atoms with Crippen LogP contribution in [0.25, 0.3) is 0 Å². The van der Waals surface area contributed by atoms with Crippen LogP contribution in [0.3, 0.4) is 0 Å². The summed E-state index contributed by atoms with van der Waals surface area (Å²) in [6.07, 6.45) is 2.64. The number of carbonyl (C=O) groups excluding carboxylic acids is 1. The SMILES string of the molecule is O=C(CN1CCN(c2ccccc2)CC1)N1N=CC[C@@H]1c1ccccc1. The van der Waals surface area contributed by atoms with Crippen LogP contribution in [-0.4, -0.2) is 54.8 Å². The maximum absolute atomic E-state index is 12.8. The lowest BCUT2D eigenvalue weighted by atomic mass is 10.0. The molecule has 1 amide bonds. The van der Waals surface area contributed by atoms with Gasteiger partial charge in [-0.3, -0.25) is 9.69 Å². The second-order valence-corrected chi connectivity index (χ2v) is 6.80. The number of nitrogens with zero attached hydrogens (tertiary/aromatic N) is 4. The third kappa shape index (κ3) is 3.63. The molecule has 0 aromatic heterocycles. The number of carbonyl (C=O) groups is 1. The van der Waals surface area contributed by atoms with E-state index in [0.29, 0.717) is 6.54 Å². The first-order valence-corrected chi connectivity index (χ1v) is 9.23. The van der Waals surface area contributed by atoms with E-state index in [1.807, 2.05) is 30.5 Å². The Hall–Kier alpha value is -2.66. The zero-order valence-electron chi connectivity index (χ0n) is 14.9. The number of amides is 1. The summed E-state index contributed by atoms with van der Waals surface area (Å²) in [5.74, 6) is 0.0840. The normalized spacial score (nSPS) is 20.5. The minimum absolute atomic E-state index is 0.0364. The molecule has 134 valence electrons. The van der Waals surface area contributed by atoms with E-state index in [9.17, 15) is 4.79 Å².